The van der Waals surface area contributed by atoms with E-state index in [9.17, 15) is 19.2 Å². The lowest BCUT2D eigenvalue weighted by Crippen LogP contribution is -2.67. The first-order chi connectivity index (χ1) is 14.2. The van der Waals surface area contributed by atoms with E-state index in [0.29, 0.717) is 0 Å². The van der Waals surface area contributed by atoms with Gasteiger partial charge >= 0.3 is 53.5 Å². The second-order valence-electron chi connectivity index (χ2n) is 6.14. The molecule has 33 heavy (non-hydrogen) atoms. The van der Waals surface area contributed by atoms with E-state index in [4.69, 9.17) is 49.8 Å². The van der Waals surface area contributed by atoms with Gasteiger partial charge in [0.15, 0.2) is 0 Å². The highest BCUT2D eigenvalue weighted by molar-refractivity contribution is 6.71. The van der Waals surface area contributed by atoms with Gasteiger partial charge in [-0.05, 0) is 0 Å². The molecule has 0 aliphatic carbocycles. The highest BCUT2D eigenvalue weighted by Crippen LogP contribution is 2.02. The summed E-state index contributed by atoms with van der Waals surface area (Å²) < 4.78 is 12.2. The Labute approximate surface area is 195 Å². The molecule has 0 amide bonds. The molecule has 0 aliphatic rings. The van der Waals surface area contributed by atoms with Gasteiger partial charge in [0.1, 0.15) is 0 Å². The summed E-state index contributed by atoms with van der Waals surface area (Å²) in [6.45, 7) is 2.60. The van der Waals surface area contributed by atoms with Crippen LogP contribution in [0, 0.1) is 0 Å². The maximum Gasteiger partial charge on any atom is 0.584 e. The van der Waals surface area contributed by atoms with Crippen LogP contribution in [0.1, 0.15) is 0 Å². The summed E-state index contributed by atoms with van der Waals surface area (Å²) in [6, 6.07) is 0. The van der Waals surface area contributed by atoms with E-state index < -0.39 is 53.5 Å². The largest absolute Gasteiger partial charge is 0.584 e. The molecule has 0 radical (unpaired) electrons. The molecule has 22 N–H and O–H groups in total. The Hall–Kier alpha value is 0.461. The van der Waals surface area contributed by atoms with Crippen molar-refractivity contribution in [2.24, 2.45) is 22.3 Å². The Kier molecular flexibility index (Phi) is 17.9. The fourth-order valence-electron chi connectivity index (χ4n) is 1.33. The molecule has 0 heterocycles. The molecule has 0 bridgehead atoms. The molecule has 0 aromatic carbocycles. The zero-order valence-corrected chi connectivity index (χ0v) is 23.7. The summed E-state index contributed by atoms with van der Waals surface area (Å²) in [6.07, 6.45) is 0. The van der Waals surface area contributed by atoms with Gasteiger partial charge in [-0.2, -0.15) is 0 Å². The van der Waals surface area contributed by atoms with Gasteiger partial charge in [0, 0.05) is 39.3 Å². The van der Waals surface area contributed by atoms with Crippen LogP contribution in [0.5, 0.6) is 0 Å². The minimum absolute atomic E-state index is 0.0978. The lowest BCUT2D eigenvalue weighted by Gasteiger charge is -2.25. The van der Waals surface area contributed by atoms with Crippen molar-refractivity contribution in [3.05, 3.63) is 0 Å². The smallest absolute Gasteiger partial charge is 0.390 e. The average molecular weight is 601 g/mol. The van der Waals surface area contributed by atoms with E-state index >= 15 is 0 Å². The molecule has 204 valence electrons. The maximum absolute atomic E-state index is 9.23. The van der Waals surface area contributed by atoms with Gasteiger partial charge in [-0.1, -0.05) is 0 Å². The number of nitrogens with one attached hydrogen (secondary N) is 2. The molecule has 0 spiro atoms. The molecule has 0 aliphatic heterocycles. The summed E-state index contributed by atoms with van der Waals surface area (Å²) in [5.41, 5.74) is 10.2. The second kappa shape index (κ2) is 15.5. The van der Waals surface area contributed by atoms with Crippen molar-refractivity contribution in [1.82, 2.24) is 9.96 Å². The fourth-order valence-corrected chi connectivity index (χ4v) is 9.13. The number of hydrogen-bond acceptors (Lipinski definition) is 21. The van der Waals surface area contributed by atoms with Crippen molar-refractivity contribution < 1.29 is 69.9 Å². The number of rotatable bonds is 12. The Morgan fingerprint density at radius 3 is 0.939 bits per heavy atom. The van der Waals surface area contributed by atoms with E-state index in [2.05, 4.69) is 33.1 Å². The van der Waals surface area contributed by atoms with Gasteiger partial charge in [0.05, 0.1) is 0 Å². The highest BCUT2D eigenvalue weighted by Gasteiger charge is 2.46. The molecule has 21 nitrogen and oxygen atoms in total. The third-order valence-electron chi connectivity index (χ3n) is 1.97. The number of nitrogens with two attached hydrogens (primary N) is 4. The van der Waals surface area contributed by atoms with Crippen molar-refractivity contribution in [2.45, 2.75) is 13.1 Å². The maximum atomic E-state index is 9.23. The zero-order valence-electron chi connectivity index (χ0n) is 17.7. The molecular weight excluding hydrogens is 565 g/mol. The molecule has 27 heteroatoms. The Morgan fingerprint density at radius 1 is 0.545 bits per heavy atom. The van der Waals surface area contributed by atoms with Crippen molar-refractivity contribution >= 4 is 53.5 Å². The van der Waals surface area contributed by atoms with Crippen LogP contribution in [0.25, 0.3) is 0 Å². The molecule has 0 fully saturated rings. The van der Waals surface area contributed by atoms with Crippen molar-refractivity contribution in [2.75, 3.05) is 26.2 Å². The van der Waals surface area contributed by atoms with Gasteiger partial charge in [0.2, 0.25) is 0 Å². The fraction of sp³-hybridized carbons (Fsp3) is 1.00. The van der Waals surface area contributed by atoms with Crippen molar-refractivity contribution in [3.8, 4) is 0 Å². The third kappa shape index (κ3) is 37.2. The normalized spacial score (nSPS) is 13.6. The van der Waals surface area contributed by atoms with Crippen molar-refractivity contribution in [3.63, 3.8) is 0 Å². The van der Waals surface area contributed by atoms with Gasteiger partial charge in [-0.15, -0.1) is 0 Å². The van der Waals surface area contributed by atoms with Crippen LogP contribution < -0.4 is 32.2 Å². The lowest BCUT2D eigenvalue weighted by atomic mass is 10.7. The van der Waals surface area contributed by atoms with E-state index in [1.807, 2.05) is 0 Å². The van der Waals surface area contributed by atoms with E-state index in [0.717, 1.165) is 13.1 Å². The first-order valence-corrected chi connectivity index (χ1v) is 20.5. The Morgan fingerprint density at radius 2 is 0.818 bits per heavy atom. The van der Waals surface area contributed by atoms with Crippen molar-refractivity contribution in [1.29, 1.82) is 0 Å². The predicted octanol–water partition coefficient (Wildman–Crippen LogP) is -11.2. The molecule has 0 unspecified atom stereocenters. The van der Waals surface area contributed by atoms with Crippen LogP contribution in [0.2, 0.25) is 13.1 Å². The quantitative estimate of drug-likeness (QED) is 0.0923. The Bertz CT molecular complexity index is 442. The minimum Gasteiger partial charge on any atom is -0.390 e. The van der Waals surface area contributed by atoms with Crippen LogP contribution >= 0.6 is 0 Å². The molecule has 0 aromatic heterocycles. The van der Waals surface area contributed by atoms with E-state index in [-0.39, 0.29) is 26.2 Å². The average Bonchev–Trinajstić information content (AvgIpc) is 2.44. The first kappa shape index (κ1) is 38.0. The van der Waals surface area contributed by atoms with Crippen LogP contribution in [-0.2, 0) is 12.3 Å². The summed E-state index contributed by atoms with van der Waals surface area (Å²) in [5, 5.41) is 8.97. The van der Waals surface area contributed by atoms with Gasteiger partial charge in [-0.3, -0.25) is 20.8 Å². The van der Waals surface area contributed by atoms with Crippen LogP contribution in [0.4, 0.5) is 0 Å². The summed E-state index contributed by atoms with van der Waals surface area (Å²) >= 11 is 0. The van der Waals surface area contributed by atoms with Crippen LogP contribution in [0.15, 0.2) is 0 Å². The highest BCUT2D eigenvalue weighted by atomic mass is 28.5. The monoisotopic (exact) mass is 600 g/mol. The van der Waals surface area contributed by atoms with Gasteiger partial charge in [-0.25, -0.2) is 0 Å². The third-order valence-corrected chi connectivity index (χ3v) is 11.2. The zero-order chi connectivity index (χ0) is 27.4. The molecule has 0 saturated carbocycles. The molecule has 0 saturated heterocycles. The Balaban J connectivity index is -0.000000433. The lowest BCUT2D eigenvalue weighted by molar-refractivity contribution is 0.135. The standard InChI is InChI=1S/C4H18N4O5Si2.C2H10O5Si2.H8N2O5Si2/c5-1-3-7-14(9,10)13-15(11,12)8-4-2-6;2*1-8(3,4)7-9(2,5)6/h7-12H,1-6H2;3-6H,1-2H3;3-6H,1-2H2. The summed E-state index contributed by atoms with van der Waals surface area (Å²) in [5.74, 6) is 0. The predicted molar refractivity (Wildman–Crippen MR) is 119 cm³/mol. The SMILES string of the molecule is C[Si](O)(O)O[Si](C)(O)O.NCCN[Si](O)(O)O[Si](O)(O)NCCN.N[Si](O)(O)O[Si](N)(O)O. The van der Waals surface area contributed by atoms with Crippen LogP contribution in [-0.4, -0.2) is 137 Å². The minimum atomic E-state index is -4.36. The second-order valence-corrected chi connectivity index (χ2v) is 18.1. The number of hydrogen-bond donors (Lipinski definition) is 18. The van der Waals surface area contributed by atoms with Crippen LogP contribution in [0.3, 0.4) is 0 Å². The molecule has 0 atom stereocenters. The molecule has 0 aromatic rings. The topological polar surface area (TPSA) is 399 Å². The van der Waals surface area contributed by atoms with Gasteiger partial charge in [0.25, 0.3) is 0 Å². The first-order valence-electron chi connectivity index (χ1n) is 8.51. The molecular formula is C6H36N6O15Si6. The van der Waals surface area contributed by atoms with Gasteiger partial charge < -0.3 is 81.4 Å². The van der Waals surface area contributed by atoms with E-state index in [1.54, 1.807) is 0 Å². The summed E-state index contributed by atoms with van der Waals surface area (Å²) in [4.78, 5) is 108. The summed E-state index contributed by atoms with van der Waals surface area (Å²) in [7, 11) is -24.7. The van der Waals surface area contributed by atoms with E-state index in [1.165, 1.54) is 0 Å². The molecule has 0 rings (SSSR count).